The summed E-state index contributed by atoms with van der Waals surface area (Å²) in [7, 11) is 0. The molecule has 0 aromatic carbocycles. The predicted octanol–water partition coefficient (Wildman–Crippen LogP) is 3.67. The number of carbonyl (C=O) groups excluding carboxylic acids is 1. The van der Waals surface area contributed by atoms with E-state index >= 15 is 0 Å². The lowest BCUT2D eigenvalue weighted by atomic mass is 9.90. The maximum Gasteiger partial charge on any atom is 0.317 e. The molecule has 0 aliphatic carbocycles. The molecule has 116 valence electrons. The highest BCUT2D eigenvalue weighted by Gasteiger charge is 2.34. The van der Waals surface area contributed by atoms with Crippen LogP contribution in [0.3, 0.4) is 0 Å². The van der Waals surface area contributed by atoms with E-state index < -0.39 is 5.41 Å². The van der Waals surface area contributed by atoms with E-state index in [-0.39, 0.29) is 5.97 Å². The van der Waals surface area contributed by atoms with Crippen molar-refractivity contribution in [3.05, 3.63) is 28.3 Å². The van der Waals surface area contributed by atoms with E-state index in [9.17, 15) is 4.79 Å². The number of imidazole rings is 1. The molecule has 0 aliphatic heterocycles. The summed E-state index contributed by atoms with van der Waals surface area (Å²) in [5.41, 5.74) is 1.92. The van der Waals surface area contributed by atoms with Crippen LogP contribution in [-0.4, -0.2) is 26.9 Å². The van der Waals surface area contributed by atoms with Gasteiger partial charge in [-0.1, -0.05) is 0 Å². The Morgan fingerprint density at radius 3 is 2.86 bits per heavy atom. The van der Waals surface area contributed by atoms with E-state index in [0.29, 0.717) is 6.61 Å². The van der Waals surface area contributed by atoms with Gasteiger partial charge in [0, 0.05) is 17.0 Å². The fourth-order valence-electron chi connectivity index (χ4n) is 2.24. The Balaban J connectivity index is 2.02. The first-order valence-electron chi connectivity index (χ1n) is 7.01. The minimum absolute atomic E-state index is 0.252. The molecule has 0 N–H and O–H groups in total. The Morgan fingerprint density at radius 1 is 1.36 bits per heavy atom. The summed E-state index contributed by atoms with van der Waals surface area (Å²) in [4.78, 5) is 22.3. The van der Waals surface area contributed by atoms with Crippen molar-refractivity contribution in [1.29, 1.82) is 0 Å². The molecule has 0 unspecified atom stereocenters. The molecule has 3 heterocycles. The molecule has 3 aromatic rings. The van der Waals surface area contributed by atoms with Gasteiger partial charge >= 0.3 is 5.97 Å². The fraction of sp³-hybridized carbons (Fsp3) is 0.400. The standard InChI is InChI=1S/C15H17N3O2S2/c1-5-20-13(19)15(3,4)10-8-22-12(17-10)11-9(2)16-14-18(11)6-7-21-14/h6-8H,5H2,1-4H3. The lowest BCUT2D eigenvalue weighted by molar-refractivity contribution is -0.148. The van der Waals surface area contributed by atoms with Crippen LogP contribution in [-0.2, 0) is 14.9 Å². The van der Waals surface area contributed by atoms with Crippen LogP contribution in [0.15, 0.2) is 17.0 Å². The molecule has 0 radical (unpaired) electrons. The Labute approximate surface area is 136 Å². The third kappa shape index (κ3) is 2.34. The third-order valence-electron chi connectivity index (χ3n) is 3.57. The molecule has 0 saturated heterocycles. The van der Waals surface area contributed by atoms with E-state index in [4.69, 9.17) is 4.74 Å². The molecule has 0 saturated carbocycles. The Kier molecular flexibility index (Phi) is 3.78. The van der Waals surface area contributed by atoms with E-state index in [2.05, 4.69) is 9.97 Å². The smallest absolute Gasteiger partial charge is 0.317 e. The van der Waals surface area contributed by atoms with Crippen LogP contribution in [0, 0.1) is 6.92 Å². The topological polar surface area (TPSA) is 56.5 Å². The molecule has 5 nitrogen and oxygen atoms in total. The molecular weight excluding hydrogens is 318 g/mol. The van der Waals surface area contributed by atoms with E-state index in [1.165, 1.54) is 11.3 Å². The fourth-order valence-corrected chi connectivity index (χ4v) is 4.08. The first kappa shape index (κ1) is 15.2. The van der Waals surface area contributed by atoms with Crippen molar-refractivity contribution in [2.24, 2.45) is 0 Å². The van der Waals surface area contributed by atoms with Gasteiger partial charge in [0.2, 0.25) is 0 Å². The largest absolute Gasteiger partial charge is 0.465 e. The molecule has 3 rings (SSSR count). The number of thiazole rings is 2. The third-order valence-corrected chi connectivity index (χ3v) is 5.17. The summed E-state index contributed by atoms with van der Waals surface area (Å²) in [5, 5.41) is 4.80. The van der Waals surface area contributed by atoms with Crippen LogP contribution in [0.25, 0.3) is 15.7 Å². The number of fused-ring (bicyclic) bond motifs is 1. The molecule has 0 atom stereocenters. The highest BCUT2D eigenvalue weighted by atomic mass is 32.1. The zero-order valence-corrected chi connectivity index (χ0v) is 14.5. The van der Waals surface area contributed by atoms with Gasteiger partial charge in [-0.05, 0) is 27.7 Å². The lowest BCUT2D eigenvalue weighted by Gasteiger charge is -2.19. The molecule has 0 fully saturated rings. The van der Waals surface area contributed by atoms with Crippen molar-refractivity contribution < 1.29 is 9.53 Å². The summed E-state index contributed by atoms with van der Waals surface area (Å²) >= 11 is 3.12. The molecule has 0 amide bonds. The summed E-state index contributed by atoms with van der Waals surface area (Å²) in [6.07, 6.45) is 1.99. The second kappa shape index (κ2) is 5.48. The van der Waals surface area contributed by atoms with Crippen LogP contribution in [0.5, 0.6) is 0 Å². The molecule has 0 bridgehead atoms. The van der Waals surface area contributed by atoms with Gasteiger partial charge in [-0.15, -0.1) is 22.7 Å². The van der Waals surface area contributed by atoms with Crippen LogP contribution in [0.1, 0.15) is 32.2 Å². The first-order valence-corrected chi connectivity index (χ1v) is 8.76. The van der Waals surface area contributed by atoms with Crippen molar-refractivity contribution in [3.8, 4) is 10.7 Å². The second-order valence-corrected chi connectivity index (χ2v) is 7.22. The van der Waals surface area contributed by atoms with Gasteiger partial charge in [-0.2, -0.15) is 0 Å². The number of hydrogen-bond donors (Lipinski definition) is 0. The number of nitrogens with zero attached hydrogens (tertiary/aromatic N) is 3. The van der Waals surface area contributed by atoms with Crippen molar-refractivity contribution in [2.75, 3.05) is 6.61 Å². The highest BCUT2D eigenvalue weighted by molar-refractivity contribution is 7.15. The molecule has 22 heavy (non-hydrogen) atoms. The average Bonchev–Trinajstić information content (AvgIpc) is 3.14. The highest BCUT2D eigenvalue weighted by Crippen LogP contribution is 2.33. The van der Waals surface area contributed by atoms with Crippen molar-refractivity contribution >= 4 is 33.6 Å². The molecule has 0 spiro atoms. The number of rotatable bonds is 4. The molecule has 7 heteroatoms. The summed E-state index contributed by atoms with van der Waals surface area (Å²) in [6, 6.07) is 0. The number of ether oxygens (including phenoxy) is 1. The molecular formula is C15H17N3O2S2. The zero-order valence-electron chi connectivity index (χ0n) is 12.9. The Morgan fingerprint density at radius 2 is 2.14 bits per heavy atom. The number of carbonyl (C=O) groups is 1. The zero-order chi connectivity index (χ0) is 15.9. The monoisotopic (exact) mass is 335 g/mol. The molecule has 0 aliphatic rings. The minimum Gasteiger partial charge on any atom is -0.465 e. The average molecular weight is 335 g/mol. The summed E-state index contributed by atoms with van der Waals surface area (Å²) in [5.74, 6) is -0.252. The number of aryl methyl sites for hydroxylation is 1. The van der Waals surface area contributed by atoms with Gasteiger partial charge in [0.05, 0.1) is 18.0 Å². The van der Waals surface area contributed by atoms with Gasteiger partial charge in [0.1, 0.15) is 16.1 Å². The lowest BCUT2D eigenvalue weighted by Crippen LogP contribution is -2.31. The van der Waals surface area contributed by atoms with Crippen LogP contribution in [0.4, 0.5) is 0 Å². The maximum absolute atomic E-state index is 12.1. The van der Waals surface area contributed by atoms with Gasteiger partial charge in [-0.3, -0.25) is 9.20 Å². The van der Waals surface area contributed by atoms with Crippen LogP contribution < -0.4 is 0 Å². The van der Waals surface area contributed by atoms with Crippen molar-refractivity contribution in [1.82, 2.24) is 14.4 Å². The normalized spacial score (nSPS) is 12.0. The predicted molar refractivity (Wildman–Crippen MR) is 88.6 cm³/mol. The maximum atomic E-state index is 12.1. The van der Waals surface area contributed by atoms with Gasteiger partial charge < -0.3 is 4.74 Å². The van der Waals surface area contributed by atoms with E-state index in [1.54, 1.807) is 11.3 Å². The van der Waals surface area contributed by atoms with Gasteiger partial charge in [0.25, 0.3) is 0 Å². The molecule has 3 aromatic heterocycles. The minimum atomic E-state index is -0.753. The SMILES string of the molecule is CCOC(=O)C(C)(C)c1csc(-c2c(C)nc3sccn23)n1. The van der Waals surface area contributed by atoms with Crippen LogP contribution >= 0.6 is 22.7 Å². The van der Waals surface area contributed by atoms with Crippen molar-refractivity contribution in [2.45, 2.75) is 33.1 Å². The Hall–Kier alpha value is -1.73. The summed E-state index contributed by atoms with van der Waals surface area (Å²) < 4.78 is 7.19. The summed E-state index contributed by atoms with van der Waals surface area (Å²) in [6.45, 7) is 7.84. The van der Waals surface area contributed by atoms with Crippen molar-refractivity contribution in [3.63, 3.8) is 0 Å². The van der Waals surface area contributed by atoms with E-state index in [0.717, 1.165) is 27.1 Å². The quantitative estimate of drug-likeness (QED) is 0.683. The number of hydrogen-bond acceptors (Lipinski definition) is 6. The van der Waals surface area contributed by atoms with Crippen LogP contribution in [0.2, 0.25) is 0 Å². The Bertz CT molecular complexity index is 829. The van der Waals surface area contributed by atoms with Gasteiger partial charge in [-0.25, -0.2) is 9.97 Å². The number of aromatic nitrogens is 3. The number of esters is 1. The van der Waals surface area contributed by atoms with Gasteiger partial charge in [0.15, 0.2) is 4.96 Å². The van der Waals surface area contributed by atoms with E-state index in [1.807, 2.05) is 49.1 Å². The first-order chi connectivity index (χ1) is 10.4. The second-order valence-electron chi connectivity index (χ2n) is 5.48.